The fourth-order valence-corrected chi connectivity index (χ4v) is 2.68. The Morgan fingerprint density at radius 1 is 1.47 bits per heavy atom. The van der Waals surface area contributed by atoms with Gasteiger partial charge in [0.05, 0.1) is 11.4 Å². The van der Waals surface area contributed by atoms with Gasteiger partial charge in [-0.3, -0.25) is 14.5 Å². The van der Waals surface area contributed by atoms with Gasteiger partial charge in [0.2, 0.25) is 5.91 Å². The molecule has 1 heterocycles. The number of hydrogen-bond donors (Lipinski definition) is 0. The number of carbonyl (C=O) groups is 2. The first-order valence-electron chi connectivity index (χ1n) is 6.01. The molecule has 0 aromatic heterocycles. The number of ether oxygens (including phenoxy) is 1. The molecule has 0 aliphatic carbocycles. The molecule has 0 radical (unpaired) electrons. The summed E-state index contributed by atoms with van der Waals surface area (Å²) in [6, 6.07) is 7.57. The van der Waals surface area contributed by atoms with Gasteiger partial charge in [0.15, 0.2) is 0 Å². The maximum Gasteiger partial charge on any atom is 0.326 e. The highest BCUT2D eigenvalue weighted by atomic mass is 32.2. The number of allylic oxidation sites excluding steroid dienone is 1. The van der Waals surface area contributed by atoms with E-state index < -0.39 is 5.97 Å². The third-order valence-electron chi connectivity index (χ3n) is 2.67. The van der Waals surface area contributed by atoms with Crippen LogP contribution in [0.3, 0.4) is 0 Å². The zero-order valence-electron chi connectivity index (χ0n) is 10.7. The molecule has 1 aliphatic heterocycles. The topological polar surface area (TPSA) is 46.6 Å². The molecule has 0 N–H and O–H groups in total. The lowest BCUT2D eigenvalue weighted by molar-refractivity contribution is -0.141. The van der Waals surface area contributed by atoms with Gasteiger partial charge in [0.25, 0.3) is 0 Å². The molecule has 0 fully saturated rings. The van der Waals surface area contributed by atoms with Crippen LogP contribution in [0.2, 0.25) is 0 Å². The Bertz CT molecular complexity index is 513. The first-order chi connectivity index (χ1) is 9.22. The number of nitrogens with zero attached hydrogens (tertiary/aromatic N) is 1. The summed E-state index contributed by atoms with van der Waals surface area (Å²) in [7, 11) is 0. The van der Waals surface area contributed by atoms with Gasteiger partial charge in [-0.15, -0.1) is 11.8 Å². The Morgan fingerprint density at radius 3 is 3.05 bits per heavy atom. The van der Waals surface area contributed by atoms with Crippen LogP contribution in [0.4, 0.5) is 5.69 Å². The molecule has 0 spiro atoms. The van der Waals surface area contributed by atoms with E-state index in [4.69, 9.17) is 4.74 Å². The van der Waals surface area contributed by atoms with E-state index in [-0.39, 0.29) is 19.1 Å². The van der Waals surface area contributed by atoms with Crippen molar-refractivity contribution in [2.24, 2.45) is 0 Å². The number of thioether (sulfide) groups is 1. The van der Waals surface area contributed by atoms with Crippen molar-refractivity contribution in [1.82, 2.24) is 0 Å². The van der Waals surface area contributed by atoms with Crippen molar-refractivity contribution in [3.05, 3.63) is 36.4 Å². The highest BCUT2D eigenvalue weighted by molar-refractivity contribution is 8.00. The van der Waals surface area contributed by atoms with Gasteiger partial charge in [-0.2, -0.15) is 0 Å². The molecule has 0 atom stereocenters. The largest absolute Gasteiger partial charge is 0.460 e. The van der Waals surface area contributed by atoms with Crippen LogP contribution in [0.5, 0.6) is 0 Å². The van der Waals surface area contributed by atoms with E-state index >= 15 is 0 Å². The molecule has 5 heteroatoms. The van der Waals surface area contributed by atoms with Gasteiger partial charge in [-0.25, -0.2) is 0 Å². The van der Waals surface area contributed by atoms with E-state index in [0.29, 0.717) is 5.75 Å². The van der Waals surface area contributed by atoms with Gasteiger partial charge in [0, 0.05) is 4.90 Å². The molecule has 0 saturated carbocycles. The number of hydrogen-bond acceptors (Lipinski definition) is 4. The van der Waals surface area contributed by atoms with Gasteiger partial charge in [-0.1, -0.05) is 24.3 Å². The van der Waals surface area contributed by atoms with E-state index in [1.165, 1.54) is 16.7 Å². The van der Waals surface area contributed by atoms with Crippen molar-refractivity contribution in [1.29, 1.82) is 0 Å². The van der Waals surface area contributed by atoms with Gasteiger partial charge in [-0.05, 0) is 19.1 Å². The van der Waals surface area contributed by atoms with Crippen molar-refractivity contribution >= 4 is 29.3 Å². The van der Waals surface area contributed by atoms with E-state index in [1.807, 2.05) is 37.3 Å². The third-order valence-corrected chi connectivity index (χ3v) is 3.72. The molecule has 1 aromatic carbocycles. The van der Waals surface area contributed by atoms with Crippen molar-refractivity contribution in [2.75, 3.05) is 23.8 Å². The van der Waals surface area contributed by atoms with E-state index in [1.54, 1.807) is 6.08 Å². The molecule has 19 heavy (non-hydrogen) atoms. The van der Waals surface area contributed by atoms with Crippen LogP contribution in [0, 0.1) is 0 Å². The second-order valence-corrected chi connectivity index (χ2v) is 5.01. The molecule has 100 valence electrons. The first-order valence-corrected chi connectivity index (χ1v) is 7.00. The fraction of sp³-hybridized carbons (Fsp3) is 0.286. The summed E-state index contributed by atoms with van der Waals surface area (Å²) in [5, 5.41) is 0. The van der Waals surface area contributed by atoms with Crippen LogP contribution in [0.25, 0.3) is 0 Å². The lowest BCUT2D eigenvalue weighted by atomic mass is 10.2. The smallest absolute Gasteiger partial charge is 0.326 e. The minimum atomic E-state index is -0.395. The van der Waals surface area contributed by atoms with Gasteiger partial charge >= 0.3 is 5.97 Å². The number of carbonyl (C=O) groups excluding carboxylic acids is 2. The van der Waals surface area contributed by atoms with Crippen LogP contribution in [-0.2, 0) is 14.3 Å². The van der Waals surface area contributed by atoms with Crippen molar-refractivity contribution in [2.45, 2.75) is 11.8 Å². The van der Waals surface area contributed by atoms with Crippen molar-refractivity contribution in [3.8, 4) is 0 Å². The maximum absolute atomic E-state index is 11.9. The molecule has 0 unspecified atom stereocenters. The van der Waals surface area contributed by atoms with Crippen LogP contribution < -0.4 is 4.90 Å². The standard InChI is InChI=1S/C14H15NO3S/c1-2-3-8-18-14(17)9-15-11-6-4-5-7-12(11)19-10-13(15)16/h2-7H,8-10H2,1H3/b3-2+. The molecular formula is C14H15NO3S. The van der Waals surface area contributed by atoms with Crippen LogP contribution >= 0.6 is 11.8 Å². The average Bonchev–Trinajstić information content (AvgIpc) is 2.42. The summed E-state index contributed by atoms with van der Waals surface area (Å²) in [6.45, 7) is 2.07. The third kappa shape index (κ3) is 3.38. The molecule has 1 aromatic rings. The predicted octanol–water partition coefficient (Wildman–Crippen LogP) is 2.24. The molecule has 1 amide bonds. The number of fused-ring (bicyclic) bond motifs is 1. The zero-order chi connectivity index (χ0) is 13.7. The van der Waals surface area contributed by atoms with E-state index in [0.717, 1.165) is 10.6 Å². The summed E-state index contributed by atoms with van der Waals surface area (Å²) in [6.07, 6.45) is 3.56. The molecule has 2 rings (SSSR count). The van der Waals surface area contributed by atoms with Gasteiger partial charge < -0.3 is 4.74 Å². The maximum atomic E-state index is 11.9. The summed E-state index contributed by atoms with van der Waals surface area (Å²) in [5.41, 5.74) is 0.784. The van der Waals surface area contributed by atoms with Crippen molar-refractivity contribution < 1.29 is 14.3 Å². The Balaban J connectivity index is 2.07. The van der Waals surface area contributed by atoms with Crippen LogP contribution in [-0.4, -0.2) is 30.8 Å². The number of anilines is 1. The van der Waals surface area contributed by atoms with Crippen LogP contribution in [0.15, 0.2) is 41.3 Å². The SMILES string of the molecule is C/C=C/COC(=O)CN1C(=O)CSc2ccccc21. The summed E-state index contributed by atoms with van der Waals surface area (Å²) in [4.78, 5) is 26.1. The molecular weight excluding hydrogens is 262 g/mol. The lowest BCUT2D eigenvalue weighted by Crippen LogP contribution is -2.39. The molecule has 4 nitrogen and oxygen atoms in total. The van der Waals surface area contributed by atoms with E-state index in [9.17, 15) is 9.59 Å². The average molecular weight is 277 g/mol. The molecule has 0 bridgehead atoms. The summed E-state index contributed by atoms with van der Waals surface area (Å²) in [5.74, 6) is -0.0982. The Hall–Kier alpha value is -1.75. The second kappa shape index (κ2) is 6.43. The quantitative estimate of drug-likeness (QED) is 0.625. The number of para-hydroxylation sites is 1. The summed E-state index contributed by atoms with van der Waals surface area (Å²) >= 11 is 1.49. The minimum Gasteiger partial charge on any atom is -0.460 e. The Morgan fingerprint density at radius 2 is 2.26 bits per heavy atom. The van der Waals surface area contributed by atoms with Gasteiger partial charge in [0.1, 0.15) is 13.2 Å². The number of benzene rings is 1. The first kappa shape index (κ1) is 13.7. The minimum absolute atomic E-state index is 0.0338. The van der Waals surface area contributed by atoms with Crippen molar-refractivity contribution in [3.63, 3.8) is 0 Å². The zero-order valence-corrected chi connectivity index (χ0v) is 11.5. The highest BCUT2D eigenvalue weighted by Gasteiger charge is 2.26. The predicted molar refractivity (Wildman–Crippen MR) is 75.3 cm³/mol. The number of amides is 1. The summed E-state index contributed by atoms with van der Waals surface area (Å²) < 4.78 is 5.02. The van der Waals surface area contributed by atoms with Crippen LogP contribution in [0.1, 0.15) is 6.92 Å². The Labute approximate surface area is 116 Å². The lowest BCUT2D eigenvalue weighted by Gasteiger charge is -2.27. The fourth-order valence-electron chi connectivity index (χ4n) is 1.74. The normalized spacial score (nSPS) is 14.6. The number of esters is 1. The Kier molecular flexibility index (Phi) is 4.63. The monoisotopic (exact) mass is 277 g/mol. The second-order valence-electron chi connectivity index (χ2n) is 3.99. The molecule has 0 saturated heterocycles. The highest BCUT2D eigenvalue weighted by Crippen LogP contribution is 2.34. The molecule has 1 aliphatic rings. The van der Waals surface area contributed by atoms with E-state index in [2.05, 4.69) is 0 Å². The number of rotatable bonds is 4.